The average Bonchev–Trinajstić information content (AvgIpc) is 2.24. The zero-order chi connectivity index (χ0) is 13.8. The normalized spacial score (nSPS) is 10.9. The topological polar surface area (TPSA) is 71.1 Å². The van der Waals surface area contributed by atoms with Crippen LogP contribution in [0.3, 0.4) is 0 Å². The van der Waals surface area contributed by atoms with Crippen molar-refractivity contribution >= 4 is 29.1 Å². The standard InChI is InChI=1S/C9H7ClF3N3O2/c10-6-3-5(1-2-14-6)16-7(17)4-15-8(18)9(11,12)13/h1-3H,4H2,(H,15,18)(H,14,16,17). The summed E-state index contributed by atoms with van der Waals surface area (Å²) in [6.45, 7) is -0.793. The summed E-state index contributed by atoms with van der Waals surface area (Å²) in [5.41, 5.74) is 0.265. The Kier molecular flexibility index (Phi) is 4.49. The van der Waals surface area contributed by atoms with Gasteiger partial charge in [0, 0.05) is 11.9 Å². The number of nitrogens with one attached hydrogen (secondary N) is 2. The third-order valence-corrected chi connectivity index (χ3v) is 1.88. The number of carbonyl (C=O) groups is 2. The zero-order valence-electron chi connectivity index (χ0n) is 8.71. The van der Waals surface area contributed by atoms with Crippen LogP contribution < -0.4 is 10.6 Å². The largest absolute Gasteiger partial charge is 0.471 e. The molecule has 1 aromatic rings. The van der Waals surface area contributed by atoms with Crippen LogP contribution in [-0.2, 0) is 9.59 Å². The SMILES string of the molecule is O=C(CNC(=O)C(F)(F)F)Nc1ccnc(Cl)c1. The van der Waals surface area contributed by atoms with Crippen molar-refractivity contribution in [3.05, 3.63) is 23.5 Å². The molecule has 0 spiro atoms. The highest BCUT2D eigenvalue weighted by atomic mass is 35.5. The van der Waals surface area contributed by atoms with Crippen LogP contribution in [0.25, 0.3) is 0 Å². The Bertz CT molecular complexity index is 465. The summed E-state index contributed by atoms with van der Waals surface area (Å²) in [6.07, 6.45) is -3.70. The van der Waals surface area contributed by atoms with E-state index in [1.54, 1.807) is 0 Å². The molecule has 98 valence electrons. The third-order valence-electron chi connectivity index (χ3n) is 1.68. The highest BCUT2D eigenvalue weighted by Gasteiger charge is 2.38. The van der Waals surface area contributed by atoms with Crippen molar-refractivity contribution in [1.29, 1.82) is 0 Å². The van der Waals surface area contributed by atoms with Gasteiger partial charge in [0.15, 0.2) is 0 Å². The van der Waals surface area contributed by atoms with Crippen LogP contribution in [0.1, 0.15) is 0 Å². The molecule has 1 rings (SSSR count). The second-order valence-electron chi connectivity index (χ2n) is 3.10. The van der Waals surface area contributed by atoms with Gasteiger partial charge in [-0.3, -0.25) is 9.59 Å². The molecular formula is C9H7ClF3N3O2. The molecule has 1 heterocycles. The molecule has 0 unspecified atom stereocenters. The maximum atomic E-state index is 11.8. The molecule has 5 nitrogen and oxygen atoms in total. The second-order valence-corrected chi connectivity index (χ2v) is 3.48. The monoisotopic (exact) mass is 281 g/mol. The van der Waals surface area contributed by atoms with Gasteiger partial charge in [-0.25, -0.2) is 4.98 Å². The number of pyridine rings is 1. The summed E-state index contributed by atoms with van der Waals surface area (Å²) in [5.74, 6) is -2.99. The number of carbonyl (C=O) groups excluding carboxylic acids is 2. The van der Waals surface area contributed by atoms with Crippen LogP contribution in [0, 0.1) is 0 Å². The molecule has 0 aliphatic heterocycles. The lowest BCUT2D eigenvalue weighted by Crippen LogP contribution is -2.41. The van der Waals surface area contributed by atoms with Gasteiger partial charge in [0.05, 0.1) is 6.54 Å². The molecule has 0 aromatic carbocycles. The lowest BCUT2D eigenvalue weighted by atomic mass is 10.4. The van der Waals surface area contributed by atoms with Gasteiger partial charge in [-0.1, -0.05) is 11.6 Å². The van der Waals surface area contributed by atoms with Gasteiger partial charge in [-0.15, -0.1) is 0 Å². The van der Waals surface area contributed by atoms with Gasteiger partial charge in [-0.05, 0) is 12.1 Å². The van der Waals surface area contributed by atoms with Crippen molar-refractivity contribution in [2.24, 2.45) is 0 Å². The van der Waals surface area contributed by atoms with E-state index >= 15 is 0 Å². The fourth-order valence-corrected chi connectivity index (χ4v) is 1.12. The van der Waals surface area contributed by atoms with Crippen molar-refractivity contribution < 1.29 is 22.8 Å². The van der Waals surface area contributed by atoms with E-state index in [4.69, 9.17) is 11.6 Å². The average molecular weight is 282 g/mol. The lowest BCUT2D eigenvalue weighted by Gasteiger charge is -2.08. The summed E-state index contributed by atoms with van der Waals surface area (Å²) in [4.78, 5) is 25.3. The predicted octanol–water partition coefficient (Wildman–Crippen LogP) is 1.35. The summed E-state index contributed by atoms with van der Waals surface area (Å²) in [5, 5.41) is 3.79. The third kappa shape index (κ3) is 4.58. The molecule has 18 heavy (non-hydrogen) atoms. The van der Waals surface area contributed by atoms with E-state index in [9.17, 15) is 22.8 Å². The first kappa shape index (κ1) is 14.2. The summed E-state index contributed by atoms with van der Waals surface area (Å²) >= 11 is 5.53. The van der Waals surface area contributed by atoms with E-state index in [2.05, 4.69) is 10.3 Å². The highest BCUT2D eigenvalue weighted by molar-refractivity contribution is 6.29. The number of alkyl halides is 3. The number of nitrogens with zero attached hydrogens (tertiary/aromatic N) is 1. The minimum atomic E-state index is -5.01. The van der Waals surface area contributed by atoms with Crippen LogP contribution in [0.2, 0.25) is 5.15 Å². The Morgan fingerprint density at radius 3 is 2.61 bits per heavy atom. The maximum Gasteiger partial charge on any atom is 0.471 e. The van der Waals surface area contributed by atoms with Crippen molar-refractivity contribution in [3.63, 3.8) is 0 Å². The van der Waals surface area contributed by atoms with Crippen LogP contribution in [-0.4, -0.2) is 29.5 Å². The first-order valence-electron chi connectivity index (χ1n) is 4.55. The fraction of sp³-hybridized carbons (Fsp3) is 0.222. The first-order chi connectivity index (χ1) is 8.29. The van der Waals surface area contributed by atoms with Crippen molar-refractivity contribution in [2.75, 3.05) is 11.9 Å². The molecule has 0 aliphatic carbocycles. The Hall–Kier alpha value is -1.83. The lowest BCUT2D eigenvalue weighted by molar-refractivity contribution is -0.173. The van der Waals surface area contributed by atoms with Gasteiger partial charge >= 0.3 is 12.1 Å². The quantitative estimate of drug-likeness (QED) is 0.822. The smallest absolute Gasteiger partial charge is 0.339 e. The molecule has 0 saturated carbocycles. The van der Waals surface area contributed by atoms with E-state index in [0.717, 1.165) is 0 Å². The molecule has 1 aromatic heterocycles. The van der Waals surface area contributed by atoms with E-state index in [1.807, 2.05) is 0 Å². The fourth-order valence-electron chi connectivity index (χ4n) is 0.946. The molecule has 0 fully saturated rings. The Balaban J connectivity index is 2.46. The van der Waals surface area contributed by atoms with Gasteiger partial charge in [0.1, 0.15) is 5.15 Å². The number of anilines is 1. The van der Waals surface area contributed by atoms with Crippen molar-refractivity contribution in [2.45, 2.75) is 6.18 Å². The Morgan fingerprint density at radius 2 is 2.06 bits per heavy atom. The van der Waals surface area contributed by atoms with Gasteiger partial charge in [0.2, 0.25) is 5.91 Å². The van der Waals surface area contributed by atoms with Gasteiger partial charge in [0.25, 0.3) is 0 Å². The molecule has 9 heteroatoms. The number of halogens is 4. The van der Waals surface area contributed by atoms with Gasteiger partial charge < -0.3 is 10.6 Å². The summed E-state index contributed by atoms with van der Waals surface area (Å²) in [6, 6.07) is 2.71. The van der Waals surface area contributed by atoms with E-state index in [0.29, 0.717) is 0 Å². The molecular weight excluding hydrogens is 275 g/mol. The minimum absolute atomic E-state index is 0.118. The summed E-state index contributed by atoms with van der Waals surface area (Å²) < 4.78 is 35.4. The number of rotatable bonds is 3. The molecule has 2 N–H and O–H groups in total. The molecule has 0 aliphatic rings. The Morgan fingerprint density at radius 1 is 1.39 bits per heavy atom. The number of hydrogen-bond acceptors (Lipinski definition) is 3. The van der Waals surface area contributed by atoms with E-state index in [-0.39, 0.29) is 10.8 Å². The second kappa shape index (κ2) is 5.67. The zero-order valence-corrected chi connectivity index (χ0v) is 9.47. The summed E-state index contributed by atoms with van der Waals surface area (Å²) in [7, 11) is 0. The molecule has 2 amide bonds. The van der Waals surface area contributed by atoms with Crippen LogP contribution in [0.15, 0.2) is 18.3 Å². The molecule has 0 radical (unpaired) electrons. The molecule has 0 bridgehead atoms. The Labute approximate surface area is 104 Å². The van der Waals surface area contributed by atoms with Crippen LogP contribution in [0.4, 0.5) is 18.9 Å². The maximum absolute atomic E-state index is 11.8. The van der Waals surface area contributed by atoms with E-state index < -0.39 is 24.5 Å². The van der Waals surface area contributed by atoms with E-state index in [1.165, 1.54) is 23.6 Å². The first-order valence-corrected chi connectivity index (χ1v) is 4.93. The molecule has 0 saturated heterocycles. The van der Waals surface area contributed by atoms with Gasteiger partial charge in [-0.2, -0.15) is 13.2 Å². The minimum Gasteiger partial charge on any atom is -0.339 e. The molecule has 0 atom stereocenters. The highest BCUT2D eigenvalue weighted by Crippen LogP contribution is 2.14. The predicted molar refractivity (Wildman–Crippen MR) is 56.9 cm³/mol. The van der Waals surface area contributed by atoms with Crippen molar-refractivity contribution in [1.82, 2.24) is 10.3 Å². The van der Waals surface area contributed by atoms with Crippen molar-refractivity contribution in [3.8, 4) is 0 Å². The number of aromatic nitrogens is 1. The number of hydrogen-bond donors (Lipinski definition) is 2. The van der Waals surface area contributed by atoms with Crippen LogP contribution in [0.5, 0.6) is 0 Å². The van der Waals surface area contributed by atoms with Crippen LogP contribution >= 0.6 is 11.6 Å². The number of amides is 2.